The second-order valence-electron chi connectivity index (χ2n) is 12.6. The Morgan fingerprint density at radius 3 is 1.73 bits per heavy atom. The van der Waals surface area contributed by atoms with Crippen molar-refractivity contribution in [1.82, 2.24) is 0 Å². The maximum absolute atomic E-state index is 4.49. The predicted octanol–water partition coefficient (Wildman–Crippen LogP) is 12.7. The normalized spacial score (nSPS) is 14.5. The summed E-state index contributed by atoms with van der Waals surface area (Å²) in [5.74, 6) is 0. The number of anilines is 4. The Morgan fingerprint density at radius 2 is 1.06 bits per heavy atom. The van der Waals surface area contributed by atoms with Crippen LogP contribution in [-0.2, 0) is 6.42 Å². The summed E-state index contributed by atoms with van der Waals surface area (Å²) in [5, 5.41) is 0. The van der Waals surface area contributed by atoms with Gasteiger partial charge in [-0.05, 0) is 106 Å². The molecule has 1 aliphatic carbocycles. The third-order valence-corrected chi connectivity index (χ3v) is 9.46. The molecule has 0 spiro atoms. The van der Waals surface area contributed by atoms with Gasteiger partial charge in [-0.25, -0.2) is 0 Å². The highest BCUT2D eigenvalue weighted by atomic mass is 15.2. The van der Waals surface area contributed by atoms with E-state index in [1.807, 2.05) is 0 Å². The summed E-state index contributed by atoms with van der Waals surface area (Å²) < 4.78 is 0. The van der Waals surface area contributed by atoms with Crippen molar-refractivity contribution in [3.63, 3.8) is 0 Å². The van der Waals surface area contributed by atoms with Crippen molar-refractivity contribution in [2.24, 2.45) is 0 Å². The van der Waals surface area contributed by atoms with E-state index in [0.717, 1.165) is 42.0 Å². The molecule has 236 valence electrons. The molecule has 1 aliphatic heterocycles. The van der Waals surface area contributed by atoms with Crippen LogP contribution in [0.3, 0.4) is 0 Å². The Hall–Kier alpha value is -6.12. The Morgan fingerprint density at radius 1 is 0.490 bits per heavy atom. The fourth-order valence-electron chi connectivity index (χ4n) is 6.91. The van der Waals surface area contributed by atoms with Gasteiger partial charge in [0.25, 0.3) is 0 Å². The molecule has 8 rings (SSSR count). The molecule has 2 nitrogen and oxygen atoms in total. The zero-order valence-corrected chi connectivity index (χ0v) is 27.5. The van der Waals surface area contributed by atoms with Gasteiger partial charge in [0.1, 0.15) is 0 Å². The number of benzene rings is 6. The maximum Gasteiger partial charge on any atom is 0.0496 e. The van der Waals surface area contributed by atoms with Gasteiger partial charge in [0.05, 0.1) is 0 Å². The van der Waals surface area contributed by atoms with Crippen molar-refractivity contribution in [2.75, 3.05) is 9.80 Å². The summed E-state index contributed by atoms with van der Waals surface area (Å²) >= 11 is 0. The first-order valence-corrected chi connectivity index (χ1v) is 17.1. The van der Waals surface area contributed by atoms with E-state index in [0.29, 0.717) is 0 Å². The average Bonchev–Trinajstić information content (AvgIpc) is 3.22. The second-order valence-corrected chi connectivity index (χ2v) is 12.6. The SMILES string of the molecule is C=C1/C=C\c2ccccc2Cc2ccccc2N1c1ccc(-c2ccc(-c3ccc(N(C4=CCCC=C4)c4ccccc4)cc3)cc2)cc1. The third-order valence-electron chi connectivity index (χ3n) is 9.46. The van der Waals surface area contributed by atoms with Gasteiger partial charge in [-0.15, -0.1) is 0 Å². The molecular weight excluding hydrogens is 593 g/mol. The zero-order chi connectivity index (χ0) is 33.0. The smallest absolute Gasteiger partial charge is 0.0496 e. The highest BCUT2D eigenvalue weighted by molar-refractivity contribution is 5.79. The molecule has 6 aromatic carbocycles. The molecule has 0 saturated carbocycles. The van der Waals surface area contributed by atoms with Gasteiger partial charge in [-0.1, -0.05) is 134 Å². The molecule has 0 bridgehead atoms. The molecule has 0 N–H and O–H groups in total. The minimum atomic E-state index is 0.869. The van der Waals surface area contributed by atoms with Gasteiger partial charge in [0.2, 0.25) is 0 Å². The van der Waals surface area contributed by atoms with Crippen molar-refractivity contribution in [3.8, 4) is 22.3 Å². The van der Waals surface area contributed by atoms with Crippen LogP contribution in [0.2, 0.25) is 0 Å². The number of para-hydroxylation sites is 2. The molecule has 0 fully saturated rings. The molecule has 49 heavy (non-hydrogen) atoms. The minimum Gasteiger partial charge on any atom is -0.311 e. The number of allylic oxidation sites excluding steroid dienone is 4. The molecule has 0 saturated heterocycles. The summed E-state index contributed by atoms with van der Waals surface area (Å²) in [7, 11) is 0. The fraction of sp³-hybridized carbons (Fsp3) is 0.0638. The highest BCUT2D eigenvalue weighted by Gasteiger charge is 2.18. The first-order chi connectivity index (χ1) is 24.2. The van der Waals surface area contributed by atoms with Crippen LogP contribution in [0.5, 0.6) is 0 Å². The third kappa shape index (κ3) is 6.29. The van der Waals surface area contributed by atoms with Crippen LogP contribution in [0.25, 0.3) is 28.3 Å². The molecule has 0 amide bonds. The first-order valence-electron chi connectivity index (χ1n) is 17.1. The van der Waals surface area contributed by atoms with Crippen molar-refractivity contribution < 1.29 is 0 Å². The lowest BCUT2D eigenvalue weighted by Crippen LogP contribution is -2.16. The van der Waals surface area contributed by atoms with E-state index < -0.39 is 0 Å². The van der Waals surface area contributed by atoms with Gasteiger partial charge in [0.15, 0.2) is 0 Å². The number of hydrogen-bond acceptors (Lipinski definition) is 2. The summed E-state index contributed by atoms with van der Waals surface area (Å²) in [6.07, 6.45) is 14.2. The van der Waals surface area contributed by atoms with Gasteiger partial charge in [0, 0.05) is 40.6 Å². The summed E-state index contributed by atoms with van der Waals surface area (Å²) in [4.78, 5) is 4.61. The lowest BCUT2D eigenvalue weighted by Gasteiger charge is -2.28. The van der Waals surface area contributed by atoms with Crippen LogP contribution < -0.4 is 9.80 Å². The predicted molar refractivity (Wildman–Crippen MR) is 208 cm³/mol. The molecule has 6 aromatic rings. The average molecular weight is 631 g/mol. The van der Waals surface area contributed by atoms with E-state index in [-0.39, 0.29) is 0 Å². The maximum atomic E-state index is 4.49. The van der Waals surface area contributed by atoms with Crippen LogP contribution >= 0.6 is 0 Å². The Bertz CT molecular complexity index is 2180. The molecule has 2 aliphatic rings. The van der Waals surface area contributed by atoms with Crippen molar-refractivity contribution in [3.05, 3.63) is 211 Å². The zero-order valence-electron chi connectivity index (χ0n) is 27.5. The van der Waals surface area contributed by atoms with Crippen molar-refractivity contribution >= 4 is 28.8 Å². The Balaban J connectivity index is 1.04. The van der Waals surface area contributed by atoms with Crippen molar-refractivity contribution in [2.45, 2.75) is 19.3 Å². The van der Waals surface area contributed by atoms with Gasteiger partial charge >= 0.3 is 0 Å². The van der Waals surface area contributed by atoms with E-state index in [2.05, 4.69) is 198 Å². The minimum absolute atomic E-state index is 0.869. The molecule has 0 atom stereocenters. The van der Waals surface area contributed by atoms with Gasteiger partial charge in [-0.3, -0.25) is 0 Å². The van der Waals surface area contributed by atoms with Crippen LogP contribution in [0.15, 0.2) is 194 Å². The number of fused-ring (bicyclic) bond motifs is 2. The molecule has 0 unspecified atom stereocenters. The summed E-state index contributed by atoms with van der Waals surface area (Å²) in [6, 6.07) is 54.5. The number of hydrogen-bond donors (Lipinski definition) is 0. The standard InChI is InChI=1S/C47H38N2/c1-35-20-21-36-12-8-9-13-41(36)34-42-14-10-11-19-47(42)48(35)45-30-26-39(27-31-45)37-22-24-38(25-23-37)40-28-32-46(33-29-40)49(43-15-4-2-5-16-43)44-17-6-3-7-18-44/h2,4-6,8-33H,1,3,7,34H2/b21-20-. The van der Waals surface area contributed by atoms with E-state index in [4.69, 9.17) is 0 Å². The Labute approximate surface area is 289 Å². The second kappa shape index (κ2) is 13.5. The van der Waals surface area contributed by atoms with Crippen LogP contribution in [-0.4, -0.2) is 0 Å². The largest absolute Gasteiger partial charge is 0.311 e. The van der Waals surface area contributed by atoms with Gasteiger partial charge < -0.3 is 9.80 Å². The van der Waals surface area contributed by atoms with Crippen molar-refractivity contribution in [1.29, 1.82) is 0 Å². The fourth-order valence-corrected chi connectivity index (χ4v) is 6.91. The lowest BCUT2D eigenvalue weighted by molar-refractivity contribution is 0.997. The molecular formula is C47H38N2. The van der Waals surface area contributed by atoms with E-state index in [1.54, 1.807) is 0 Å². The molecule has 0 aromatic heterocycles. The Kier molecular flexibility index (Phi) is 8.36. The lowest BCUT2D eigenvalue weighted by atomic mass is 9.98. The summed E-state index contributed by atoms with van der Waals surface area (Å²) in [6.45, 7) is 4.49. The van der Waals surface area contributed by atoms with E-state index in [1.165, 1.54) is 50.3 Å². The monoisotopic (exact) mass is 630 g/mol. The van der Waals surface area contributed by atoms with Crippen LogP contribution in [0.4, 0.5) is 22.7 Å². The number of nitrogens with zero attached hydrogens (tertiary/aromatic N) is 2. The van der Waals surface area contributed by atoms with Crippen LogP contribution in [0, 0.1) is 0 Å². The van der Waals surface area contributed by atoms with Gasteiger partial charge in [-0.2, -0.15) is 0 Å². The number of rotatable bonds is 6. The first kappa shape index (κ1) is 30.2. The molecule has 1 heterocycles. The topological polar surface area (TPSA) is 6.48 Å². The molecule has 0 radical (unpaired) electrons. The van der Waals surface area contributed by atoms with Crippen LogP contribution in [0.1, 0.15) is 29.5 Å². The quantitative estimate of drug-likeness (QED) is 0.181. The van der Waals surface area contributed by atoms with E-state index in [9.17, 15) is 0 Å². The summed E-state index contributed by atoms with van der Waals surface area (Å²) in [5.41, 5.74) is 15.4. The van der Waals surface area contributed by atoms with E-state index >= 15 is 0 Å². The highest BCUT2D eigenvalue weighted by Crippen LogP contribution is 2.38. The molecule has 2 heteroatoms.